The van der Waals surface area contributed by atoms with Crippen LogP contribution in [0.2, 0.25) is 0 Å². The van der Waals surface area contributed by atoms with E-state index in [2.05, 4.69) is 26.1 Å². The number of rotatable bonds is 1. The molecule has 0 unspecified atom stereocenters. The summed E-state index contributed by atoms with van der Waals surface area (Å²) in [6.07, 6.45) is 4.07. The lowest BCUT2D eigenvalue weighted by Gasteiger charge is -2.11. The van der Waals surface area contributed by atoms with E-state index in [4.69, 9.17) is 7.85 Å². The number of nitrogens with zero attached hydrogens (tertiary/aromatic N) is 1. The third-order valence-electron chi connectivity index (χ3n) is 2.40. The Morgan fingerprint density at radius 2 is 2.00 bits per heavy atom. The van der Waals surface area contributed by atoms with Crippen molar-refractivity contribution in [3.8, 4) is 0 Å². The average Bonchev–Trinajstić information content (AvgIpc) is 2.52. The van der Waals surface area contributed by atoms with Gasteiger partial charge >= 0.3 is 0 Å². The molecular weight excluding hydrogens is 157 g/mol. The minimum atomic E-state index is 0.486. The average molecular weight is 169 g/mol. The van der Waals surface area contributed by atoms with Gasteiger partial charge in [0, 0.05) is 17.9 Å². The molecule has 0 atom stereocenters. The summed E-state index contributed by atoms with van der Waals surface area (Å²) in [4.78, 5) is 0. The number of pyridine rings is 1. The molecule has 0 saturated carbocycles. The van der Waals surface area contributed by atoms with E-state index in [9.17, 15) is 0 Å². The Kier molecular flexibility index (Phi) is 1.91. The first kappa shape index (κ1) is 8.42. The van der Waals surface area contributed by atoms with Gasteiger partial charge in [0.05, 0.1) is 0 Å². The summed E-state index contributed by atoms with van der Waals surface area (Å²) in [5.41, 5.74) is 3.24. The van der Waals surface area contributed by atoms with Crippen molar-refractivity contribution in [1.29, 1.82) is 0 Å². The SMILES string of the molecule is [B]c1c(C(C)C)ccn2cccc12. The molecule has 0 aromatic carbocycles. The van der Waals surface area contributed by atoms with E-state index in [1.165, 1.54) is 5.56 Å². The lowest BCUT2D eigenvalue weighted by atomic mass is 9.85. The Labute approximate surface area is 79.8 Å². The van der Waals surface area contributed by atoms with E-state index in [0.717, 1.165) is 11.0 Å². The summed E-state index contributed by atoms with van der Waals surface area (Å²) in [6, 6.07) is 6.14. The molecule has 0 spiro atoms. The quantitative estimate of drug-likeness (QED) is 0.574. The van der Waals surface area contributed by atoms with Crippen LogP contribution in [0, 0.1) is 0 Å². The van der Waals surface area contributed by atoms with E-state index >= 15 is 0 Å². The van der Waals surface area contributed by atoms with Crippen molar-refractivity contribution in [2.75, 3.05) is 0 Å². The van der Waals surface area contributed by atoms with Gasteiger partial charge in [-0.25, -0.2) is 0 Å². The zero-order chi connectivity index (χ0) is 9.42. The summed E-state index contributed by atoms with van der Waals surface area (Å²) in [7, 11) is 6.04. The first-order chi connectivity index (χ1) is 6.20. The number of hydrogen-bond donors (Lipinski definition) is 0. The molecule has 2 aromatic rings. The first-order valence-electron chi connectivity index (χ1n) is 4.55. The summed E-state index contributed by atoms with van der Waals surface area (Å²) < 4.78 is 2.04. The molecule has 13 heavy (non-hydrogen) atoms. The van der Waals surface area contributed by atoms with E-state index in [1.807, 2.05) is 22.7 Å². The van der Waals surface area contributed by atoms with E-state index in [0.29, 0.717) is 5.92 Å². The van der Waals surface area contributed by atoms with Gasteiger partial charge in [-0.1, -0.05) is 19.3 Å². The highest BCUT2D eigenvalue weighted by molar-refractivity contribution is 6.37. The highest BCUT2D eigenvalue weighted by Gasteiger charge is 2.05. The summed E-state index contributed by atoms with van der Waals surface area (Å²) in [5, 5.41) is 0. The molecular formula is C11H12BN. The molecule has 2 aromatic heterocycles. The molecule has 0 aliphatic rings. The molecule has 0 bridgehead atoms. The number of fused-ring (bicyclic) bond motifs is 1. The summed E-state index contributed by atoms with van der Waals surface area (Å²) in [6.45, 7) is 4.32. The van der Waals surface area contributed by atoms with E-state index in [1.54, 1.807) is 0 Å². The Morgan fingerprint density at radius 1 is 1.23 bits per heavy atom. The van der Waals surface area contributed by atoms with Crippen molar-refractivity contribution in [2.24, 2.45) is 0 Å². The fourth-order valence-corrected chi connectivity index (χ4v) is 1.65. The first-order valence-corrected chi connectivity index (χ1v) is 4.55. The van der Waals surface area contributed by atoms with Crippen molar-refractivity contribution >= 4 is 18.8 Å². The second kappa shape index (κ2) is 2.95. The lowest BCUT2D eigenvalue weighted by Crippen LogP contribution is -2.14. The molecule has 2 heteroatoms. The van der Waals surface area contributed by atoms with Crippen molar-refractivity contribution < 1.29 is 0 Å². The van der Waals surface area contributed by atoms with Gasteiger partial charge in [-0.15, -0.1) is 0 Å². The van der Waals surface area contributed by atoms with Crippen molar-refractivity contribution in [3.05, 3.63) is 36.2 Å². The van der Waals surface area contributed by atoms with E-state index < -0.39 is 0 Å². The Hall–Kier alpha value is -1.18. The van der Waals surface area contributed by atoms with Gasteiger partial charge in [0.25, 0.3) is 0 Å². The lowest BCUT2D eigenvalue weighted by molar-refractivity contribution is 0.870. The highest BCUT2D eigenvalue weighted by atomic mass is 14.8. The Morgan fingerprint density at radius 3 is 2.69 bits per heavy atom. The van der Waals surface area contributed by atoms with Gasteiger partial charge in [-0.3, -0.25) is 0 Å². The molecule has 0 amide bonds. The van der Waals surface area contributed by atoms with Crippen LogP contribution in [0.3, 0.4) is 0 Å². The standard InChI is InChI=1S/C11H12BN/c1-8(2)9-5-7-13-6-3-4-10(13)11(9)12/h3-8H,1-2H3. The highest BCUT2D eigenvalue weighted by Crippen LogP contribution is 2.13. The monoisotopic (exact) mass is 169 g/mol. The predicted molar refractivity (Wildman–Crippen MR) is 56.9 cm³/mol. The normalized spacial score (nSPS) is 11.3. The van der Waals surface area contributed by atoms with Crippen molar-refractivity contribution in [2.45, 2.75) is 19.8 Å². The Balaban J connectivity index is 2.73. The maximum atomic E-state index is 6.04. The third-order valence-corrected chi connectivity index (χ3v) is 2.40. The molecule has 2 radical (unpaired) electrons. The molecule has 2 rings (SSSR count). The zero-order valence-electron chi connectivity index (χ0n) is 7.99. The second-order valence-electron chi connectivity index (χ2n) is 3.64. The minimum Gasteiger partial charge on any atom is -0.324 e. The van der Waals surface area contributed by atoms with Crippen LogP contribution in [0.1, 0.15) is 25.3 Å². The largest absolute Gasteiger partial charge is 0.324 e. The third kappa shape index (κ3) is 1.26. The van der Waals surface area contributed by atoms with Gasteiger partial charge in [-0.2, -0.15) is 0 Å². The topological polar surface area (TPSA) is 4.41 Å². The van der Waals surface area contributed by atoms with Gasteiger partial charge in [0.2, 0.25) is 0 Å². The minimum absolute atomic E-state index is 0.486. The van der Waals surface area contributed by atoms with Crippen molar-refractivity contribution in [1.82, 2.24) is 4.40 Å². The fraction of sp³-hybridized carbons (Fsp3) is 0.273. The van der Waals surface area contributed by atoms with Crippen LogP contribution in [0.5, 0.6) is 0 Å². The smallest absolute Gasteiger partial charge is 0.117 e. The fourth-order valence-electron chi connectivity index (χ4n) is 1.65. The molecule has 0 saturated heterocycles. The molecule has 64 valence electrons. The molecule has 1 nitrogen and oxygen atoms in total. The van der Waals surface area contributed by atoms with Gasteiger partial charge < -0.3 is 4.40 Å². The maximum Gasteiger partial charge on any atom is 0.117 e. The summed E-state index contributed by atoms with van der Waals surface area (Å²) >= 11 is 0. The van der Waals surface area contributed by atoms with Crippen LogP contribution in [0.25, 0.3) is 5.52 Å². The molecule has 0 aliphatic carbocycles. The molecule has 0 fully saturated rings. The number of aromatic nitrogens is 1. The van der Waals surface area contributed by atoms with Crippen LogP contribution < -0.4 is 5.46 Å². The van der Waals surface area contributed by atoms with E-state index in [-0.39, 0.29) is 0 Å². The van der Waals surface area contributed by atoms with Gasteiger partial charge in [-0.05, 0) is 29.7 Å². The predicted octanol–water partition coefficient (Wildman–Crippen LogP) is 1.86. The molecule has 0 N–H and O–H groups in total. The molecule has 2 heterocycles. The van der Waals surface area contributed by atoms with Crippen molar-refractivity contribution in [3.63, 3.8) is 0 Å². The maximum absolute atomic E-state index is 6.04. The number of hydrogen-bond acceptors (Lipinski definition) is 0. The van der Waals surface area contributed by atoms with Crippen LogP contribution in [-0.4, -0.2) is 12.2 Å². The van der Waals surface area contributed by atoms with Crippen LogP contribution >= 0.6 is 0 Å². The second-order valence-corrected chi connectivity index (χ2v) is 3.64. The van der Waals surface area contributed by atoms with Crippen LogP contribution in [0.15, 0.2) is 30.6 Å². The van der Waals surface area contributed by atoms with Gasteiger partial charge in [0.15, 0.2) is 0 Å². The van der Waals surface area contributed by atoms with Gasteiger partial charge in [0.1, 0.15) is 7.85 Å². The molecule has 0 aliphatic heterocycles. The summed E-state index contributed by atoms with van der Waals surface area (Å²) in [5.74, 6) is 0.486. The zero-order valence-corrected chi connectivity index (χ0v) is 7.99. The van der Waals surface area contributed by atoms with Crippen LogP contribution in [-0.2, 0) is 0 Å². The Bertz CT molecular complexity index is 429. The van der Waals surface area contributed by atoms with Crippen LogP contribution in [0.4, 0.5) is 0 Å².